The normalized spacial score (nSPS) is 18.0. The number of carbonyl (C=O) groups is 1. The summed E-state index contributed by atoms with van der Waals surface area (Å²) < 4.78 is 53.2. The van der Waals surface area contributed by atoms with E-state index in [-0.39, 0.29) is 29.0 Å². The molecule has 0 aliphatic carbocycles. The molecule has 0 radical (unpaired) electrons. The zero-order chi connectivity index (χ0) is 20.1. The van der Waals surface area contributed by atoms with Crippen LogP contribution in [0.5, 0.6) is 0 Å². The van der Waals surface area contributed by atoms with Gasteiger partial charge in [-0.05, 0) is 67.6 Å². The molecule has 150 valence electrons. The number of benzene rings is 2. The van der Waals surface area contributed by atoms with Crippen LogP contribution in [-0.4, -0.2) is 31.7 Å². The summed E-state index contributed by atoms with van der Waals surface area (Å²) in [5, 5.41) is 2.70. The summed E-state index contributed by atoms with van der Waals surface area (Å²) >= 11 is 0. The highest BCUT2D eigenvalue weighted by Gasteiger charge is 2.30. The lowest BCUT2D eigenvalue weighted by atomic mass is 9.94. The number of piperidine rings is 1. The molecule has 0 spiro atoms. The van der Waals surface area contributed by atoms with Gasteiger partial charge in [-0.1, -0.05) is 6.07 Å². The molecule has 1 N–H and O–H groups in total. The minimum Gasteiger partial charge on any atom is -0.326 e. The Morgan fingerprint density at radius 1 is 1.11 bits per heavy atom. The van der Waals surface area contributed by atoms with Crippen LogP contribution < -0.4 is 5.32 Å². The van der Waals surface area contributed by atoms with Gasteiger partial charge < -0.3 is 5.32 Å². The van der Waals surface area contributed by atoms with E-state index < -0.39 is 15.8 Å². The minimum atomic E-state index is -3.75. The van der Waals surface area contributed by atoms with Gasteiger partial charge >= 0.3 is 0 Å². The van der Waals surface area contributed by atoms with Crippen molar-refractivity contribution in [2.45, 2.75) is 30.6 Å². The second-order valence-electron chi connectivity index (χ2n) is 6.92. The lowest BCUT2D eigenvalue weighted by molar-refractivity contribution is -0.116. The predicted octanol–water partition coefficient (Wildman–Crippen LogP) is 3.78. The Labute approximate surface area is 163 Å². The van der Waals surface area contributed by atoms with Crippen molar-refractivity contribution in [2.75, 3.05) is 18.4 Å². The van der Waals surface area contributed by atoms with Crippen LogP contribution in [0.3, 0.4) is 0 Å². The molecule has 2 aromatic rings. The summed E-state index contributed by atoms with van der Waals surface area (Å²) in [6.07, 6.45) is 2.32. The maximum Gasteiger partial charge on any atom is 0.243 e. The summed E-state index contributed by atoms with van der Waals surface area (Å²) in [7, 11) is -3.75. The van der Waals surface area contributed by atoms with E-state index >= 15 is 0 Å². The predicted molar refractivity (Wildman–Crippen MR) is 102 cm³/mol. The molecule has 1 fully saturated rings. The second-order valence-corrected chi connectivity index (χ2v) is 8.86. The Morgan fingerprint density at radius 3 is 2.57 bits per heavy atom. The lowest BCUT2D eigenvalue weighted by Gasteiger charge is -2.32. The largest absolute Gasteiger partial charge is 0.326 e. The fourth-order valence-electron chi connectivity index (χ4n) is 3.35. The van der Waals surface area contributed by atoms with Gasteiger partial charge in [-0.3, -0.25) is 4.79 Å². The molecule has 1 saturated heterocycles. The van der Waals surface area contributed by atoms with Gasteiger partial charge in [-0.15, -0.1) is 0 Å². The third-order valence-electron chi connectivity index (χ3n) is 4.82. The molecule has 1 atom stereocenters. The number of hydrogen-bond donors (Lipinski definition) is 1. The third kappa shape index (κ3) is 5.14. The number of hydrogen-bond acceptors (Lipinski definition) is 3. The van der Waals surface area contributed by atoms with Crippen LogP contribution in [0.4, 0.5) is 14.5 Å². The molecular weight excluding hydrogens is 386 g/mol. The van der Waals surface area contributed by atoms with E-state index in [0.717, 1.165) is 12.5 Å². The van der Waals surface area contributed by atoms with Crippen molar-refractivity contribution in [3.8, 4) is 0 Å². The van der Waals surface area contributed by atoms with Gasteiger partial charge in [0.05, 0.1) is 4.90 Å². The van der Waals surface area contributed by atoms with Crippen LogP contribution in [0, 0.1) is 17.6 Å². The van der Waals surface area contributed by atoms with Gasteiger partial charge in [-0.25, -0.2) is 17.2 Å². The lowest BCUT2D eigenvalue weighted by Crippen LogP contribution is -2.40. The Morgan fingerprint density at radius 2 is 1.86 bits per heavy atom. The number of anilines is 1. The van der Waals surface area contributed by atoms with Gasteiger partial charge in [0.2, 0.25) is 15.9 Å². The van der Waals surface area contributed by atoms with Gasteiger partial charge in [-0.2, -0.15) is 4.31 Å². The maximum absolute atomic E-state index is 13.4. The maximum atomic E-state index is 13.4. The summed E-state index contributed by atoms with van der Waals surface area (Å²) in [5.41, 5.74) is 0.519. The Balaban J connectivity index is 1.56. The van der Waals surface area contributed by atoms with E-state index in [1.54, 1.807) is 0 Å². The highest BCUT2D eigenvalue weighted by Crippen LogP contribution is 2.26. The second kappa shape index (κ2) is 8.79. The number of carbonyl (C=O) groups excluding carboxylic acids is 1. The van der Waals surface area contributed by atoms with Crippen molar-refractivity contribution in [1.29, 1.82) is 0 Å². The van der Waals surface area contributed by atoms with Crippen LogP contribution in [0.15, 0.2) is 53.4 Å². The topological polar surface area (TPSA) is 66.5 Å². The molecule has 1 aliphatic rings. The van der Waals surface area contributed by atoms with E-state index in [0.29, 0.717) is 31.6 Å². The van der Waals surface area contributed by atoms with Gasteiger partial charge in [0.15, 0.2) is 0 Å². The van der Waals surface area contributed by atoms with E-state index in [2.05, 4.69) is 5.32 Å². The average Bonchev–Trinajstić information content (AvgIpc) is 2.68. The zero-order valence-electron chi connectivity index (χ0n) is 15.3. The first kappa shape index (κ1) is 20.4. The first-order chi connectivity index (χ1) is 13.3. The number of sulfonamides is 1. The van der Waals surface area contributed by atoms with Crippen molar-refractivity contribution in [1.82, 2.24) is 4.31 Å². The number of rotatable bonds is 6. The Bertz CT molecular complexity index is 933. The van der Waals surface area contributed by atoms with E-state index in [1.807, 2.05) is 0 Å². The zero-order valence-corrected chi connectivity index (χ0v) is 16.1. The highest BCUT2D eigenvalue weighted by molar-refractivity contribution is 7.89. The number of amides is 1. The number of halogens is 2. The molecule has 1 unspecified atom stereocenters. The molecule has 0 aromatic heterocycles. The van der Waals surface area contributed by atoms with Crippen LogP contribution in [0.2, 0.25) is 0 Å². The molecule has 2 aromatic carbocycles. The SMILES string of the molecule is O=C(CCC1CCCN(S(=O)(=O)c2cccc(F)c2)C1)Nc1ccc(F)cc1. The summed E-state index contributed by atoms with van der Waals surface area (Å²) in [6.45, 7) is 0.694. The first-order valence-electron chi connectivity index (χ1n) is 9.16. The first-order valence-corrected chi connectivity index (χ1v) is 10.6. The van der Waals surface area contributed by atoms with E-state index in [4.69, 9.17) is 0 Å². The van der Waals surface area contributed by atoms with Crippen LogP contribution in [0.1, 0.15) is 25.7 Å². The summed E-state index contributed by atoms with van der Waals surface area (Å²) in [5.74, 6) is -1.11. The highest BCUT2D eigenvalue weighted by atomic mass is 32.2. The van der Waals surface area contributed by atoms with E-state index in [9.17, 15) is 22.0 Å². The molecule has 1 heterocycles. The number of nitrogens with zero attached hydrogens (tertiary/aromatic N) is 1. The van der Waals surface area contributed by atoms with Crippen molar-refractivity contribution in [3.63, 3.8) is 0 Å². The van der Waals surface area contributed by atoms with Crippen molar-refractivity contribution in [3.05, 3.63) is 60.2 Å². The van der Waals surface area contributed by atoms with Gasteiger partial charge in [0.25, 0.3) is 0 Å². The Hall–Kier alpha value is -2.32. The van der Waals surface area contributed by atoms with Crippen molar-refractivity contribution < 1.29 is 22.0 Å². The Kier molecular flexibility index (Phi) is 6.41. The van der Waals surface area contributed by atoms with Crippen LogP contribution >= 0.6 is 0 Å². The molecule has 8 heteroatoms. The van der Waals surface area contributed by atoms with E-state index in [1.165, 1.54) is 46.8 Å². The molecule has 0 bridgehead atoms. The standard InChI is InChI=1S/C20H22F2N2O3S/c21-16-7-9-18(10-8-16)23-20(25)11-6-15-3-2-12-24(14-15)28(26,27)19-5-1-4-17(22)13-19/h1,4-5,7-10,13,15H,2-3,6,11-12,14H2,(H,23,25). The fourth-order valence-corrected chi connectivity index (χ4v) is 4.94. The number of nitrogens with one attached hydrogen (secondary N) is 1. The third-order valence-corrected chi connectivity index (χ3v) is 6.68. The minimum absolute atomic E-state index is 0.0519. The van der Waals surface area contributed by atoms with Crippen molar-refractivity contribution in [2.24, 2.45) is 5.92 Å². The summed E-state index contributed by atoms with van der Waals surface area (Å²) in [4.78, 5) is 12.0. The molecular formula is C20H22F2N2O3S. The van der Waals surface area contributed by atoms with Gasteiger partial charge in [0, 0.05) is 25.2 Å². The average molecular weight is 408 g/mol. The quantitative estimate of drug-likeness (QED) is 0.791. The molecule has 0 saturated carbocycles. The van der Waals surface area contributed by atoms with Gasteiger partial charge in [0.1, 0.15) is 11.6 Å². The summed E-state index contributed by atoms with van der Waals surface area (Å²) in [6, 6.07) is 10.5. The van der Waals surface area contributed by atoms with Crippen molar-refractivity contribution >= 4 is 21.6 Å². The molecule has 3 rings (SSSR count). The molecule has 1 aliphatic heterocycles. The fraction of sp³-hybridized carbons (Fsp3) is 0.350. The van der Waals surface area contributed by atoms with Crippen LogP contribution in [0.25, 0.3) is 0 Å². The molecule has 5 nitrogen and oxygen atoms in total. The molecule has 1 amide bonds. The van der Waals surface area contributed by atoms with Crippen LogP contribution in [-0.2, 0) is 14.8 Å². The molecule has 28 heavy (non-hydrogen) atoms. The smallest absolute Gasteiger partial charge is 0.243 e. The monoisotopic (exact) mass is 408 g/mol.